The fourth-order valence-corrected chi connectivity index (χ4v) is 1.95. The summed E-state index contributed by atoms with van der Waals surface area (Å²) in [7, 11) is 1.32. The van der Waals surface area contributed by atoms with E-state index in [-0.39, 0.29) is 24.8 Å². The molecule has 0 aliphatic rings. The average Bonchev–Trinajstić information content (AvgIpc) is 2.28. The van der Waals surface area contributed by atoms with E-state index < -0.39 is 0 Å². The highest BCUT2D eigenvalue weighted by molar-refractivity contribution is 9.10. The van der Waals surface area contributed by atoms with Crippen molar-refractivity contribution >= 4 is 27.8 Å². The van der Waals surface area contributed by atoms with E-state index in [1.165, 1.54) is 7.11 Å². The summed E-state index contributed by atoms with van der Waals surface area (Å²) in [5.41, 5.74) is 1.63. The molecule has 0 heterocycles. The van der Waals surface area contributed by atoms with Crippen LogP contribution in [-0.4, -0.2) is 25.5 Å². The number of halogens is 1. The maximum absolute atomic E-state index is 11.8. The number of hydrogen-bond acceptors (Lipinski definition) is 3. The zero-order chi connectivity index (χ0) is 12.8. The van der Waals surface area contributed by atoms with Gasteiger partial charge in [0, 0.05) is 11.0 Å². The number of nitrogens with one attached hydrogen (secondary N) is 1. The lowest BCUT2D eigenvalue weighted by molar-refractivity contribution is -0.140. The van der Waals surface area contributed by atoms with E-state index in [0.717, 1.165) is 10.0 Å². The molecular formula is C12H14BrNO3. The van der Waals surface area contributed by atoms with E-state index in [4.69, 9.17) is 0 Å². The van der Waals surface area contributed by atoms with Gasteiger partial charge in [0.2, 0.25) is 0 Å². The van der Waals surface area contributed by atoms with Crippen molar-refractivity contribution < 1.29 is 14.3 Å². The van der Waals surface area contributed by atoms with E-state index >= 15 is 0 Å². The number of carbonyl (C=O) groups excluding carboxylic acids is 2. The number of ether oxygens (including phenoxy) is 1. The maximum atomic E-state index is 11.8. The van der Waals surface area contributed by atoms with Gasteiger partial charge in [-0.3, -0.25) is 9.59 Å². The first-order valence-electron chi connectivity index (χ1n) is 5.15. The molecule has 0 saturated heterocycles. The molecule has 17 heavy (non-hydrogen) atoms. The van der Waals surface area contributed by atoms with E-state index in [0.29, 0.717) is 5.56 Å². The van der Waals surface area contributed by atoms with Crippen molar-refractivity contribution in [2.45, 2.75) is 13.3 Å². The smallest absolute Gasteiger partial charge is 0.307 e. The third kappa shape index (κ3) is 4.19. The molecule has 0 unspecified atom stereocenters. The second-order valence-electron chi connectivity index (χ2n) is 3.57. The van der Waals surface area contributed by atoms with Crippen molar-refractivity contribution in [2.24, 2.45) is 0 Å². The normalized spacial score (nSPS) is 9.82. The zero-order valence-corrected chi connectivity index (χ0v) is 11.3. The molecule has 0 spiro atoms. The summed E-state index contributed by atoms with van der Waals surface area (Å²) in [4.78, 5) is 22.6. The molecule has 4 nitrogen and oxygen atoms in total. The summed E-state index contributed by atoms with van der Waals surface area (Å²) in [5, 5.41) is 2.65. The highest BCUT2D eigenvalue weighted by Gasteiger charge is 2.10. The van der Waals surface area contributed by atoms with Crippen LogP contribution >= 0.6 is 15.9 Å². The summed E-state index contributed by atoms with van der Waals surface area (Å²) >= 11 is 3.33. The van der Waals surface area contributed by atoms with Crippen LogP contribution in [0, 0.1) is 6.92 Å². The lowest BCUT2D eigenvalue weighted by Gasteiger charge is -2.06. The van der Waals surface area contributed by atoms with Crippen LogP contribution in [0.15, 0.2) is 22.7 Å². The molecule has 1 aromatic rings. The molecule has 0 radical (unpaired) electrons. The van der Waals surface area contributed by atoms with Gasteiger partial charge in [0.15, 0.2) is 0 Å². The van der Waals surface area contributed by atoms with Gasteiger partial charge >= 0.3 is 5.97 Å². The number of rotatable bonds is 4. The van der Waals surface area contributed by atoms with Crippen molar-refractivity contribution in [3.05, 3.63) is 33.8 Å². The van der Waals surface area contributed by atoms with Gasteiger partial charge in [-0.15, -0.1) is 0 Å². The predicted octanol–water partition coefficient (Wildman–Crippen LogP) is 2.05. The van der Waals surface area contributed by atoms with Crippen molar-refractivity contribution in [2.75, 3.05) is 13.7 Å². The van der Waals surface area contributed by atoms with Crippen molar-refractivity contribution in [3.63, 3.8) is 0 Å². The van der Waals surface area contributed by atoms with Crippen LogP contribution in [0.3, 0.4) is 0 Å². The Morgan fingerprint density at radius 2 is 2.12 bits per heavy atom. The Bertz CT molecular complexity index is 432. The van der Waals surface area contributed by atoms with Crippen LogP contribution in [0.1, 0.15) is 22.3 Å². The number of carbonyl (C=O) groups is 2. The quantitative estimate of drug-likeness (QED) is 0.866. The summed E-state index contributed by atoms with van der Waals surface area (Å²) in [6, 6.07) is 5.47. The van der Waals surface area contributed by atoms with Crippen LogP contribution < -0.4 is 5.32 Å². The second-order valence-corrected chi connectivity index (χ2v) is 4.42. The average molecular weight is 300 g/mol. The lowest BCUT2D eigenvalue weighted by atomic mass is 10.1. The van der Waals surface area contributed by atoms with Crippen molar-refractivity contribution in [1.82, 2.24) is 5.32 Å². The molecule has 1 rings (SSSR count). The first-order chi connectivity index (χ1) is 8.04. The highest BCUT2D eigenvalue weighted by Crippen LogP contribution is 2.18. The summed E-state index contributed by atoms with van der Waals surface area (Å²) in [6.45, 7) is 2.22. The molecule has 0 saturated carbocycles. The van der Waals surface area contributed by atoms with Crippen LogP contribution in [0.2, 0.25) is 0 Å². The fourth-order valence-electron chi connectivity index (χ4n) is 1.28. The molecule has 0 atom stereocenters. The molecule has 0 aliphatic heterocycles. The number of esters is 1. The monoisotopic (exact) mass is 299 g/mol. The largest absolute Gasteiger partial charge is 0.469 e. The Kier molecular flexibility index (Phi) is 5.15. The van der Waals surface area contributed by atoms with Gasteiger partial charge in [0.05, 0.1) is 19.1 Å². The SMILES string of the molecule is COC(=O)CCNC(=O)c1ccc(C)cc1Br. The van der Waals surface area contributed by atoms with Crippen LogP contribution in [-0.2, 0) is 9.53 Å². The first kappa shape index (κ1) is 13.7. The van der Waals surface area contributed by atoms with Gasteiger partial charge < -0.3 is 10.1 Å². The number of aryl methyl sites for hydroxylation is 1. The predicted molar refractivity (Wildman–Crippen MR) is 67.8 cm³/mol. The molecule has 0 bridgehead atoms. The van der Waals surface area contributed by atoms with Gasteiger partial charge in [0.1, 0.15) is 0 Å². The second kappa shape index (κ2) is 6.39. The maximum Gasteiger partial charge on any atom is 0.307 e. The topological polar surface area (TPSA) is 55.4 Å². The Hall–Kier alpha value is -1.36. The minimum Gasteiger partial charge on any atom is -0.469 e. The number of methoxy groups -OCH3 is 1. The Balaban J connectivity index is 2.55. The van der Waals surface area contributed by atoms with E-state index in [2.05, 4.69) is 26.0 Å². The van der Waals surface area contributed by atoms with Crippen LogP contribution in [0.4, 0.5) is 0 Å². The minimum absolute atomic E-state index is 0.172. The molecule has 1 aromatic carbocycles. The molecule has 5 heteroatoms. The highest BCUT2D eigenvalue weighted by atomic mass is 79.9. The molecular weight excluding hydrogens is 286 g/mol. The molecule has 1 N–H and O–H groups in total. The van der Waals surface area contributed by atoms with E-state index in [1.807, 2.05) is 19.1 Å². The molecule has 0 aliphatic carbocycles. The van der Waals surface area contributed by atoms with E-state index in [9.17, 15) is 9.59 Å². The Morgan fingerprint density at radius 1 is 1.41 bits per heavy atom. The molecule has 0 aromatic heterocycles. The van der Waals surface area contributed by atoms with Crippen LogP contribution in [0.5, 0.6) is 0 Å². The van der Waals surface area contributed by atoms with Gasteiger partial charge in [-0.1, -0.05) is 6.07 Å². The summed E-state index contributed by atoms with van der Waals surface area (Å²) in [5.74, 6) is -0.547. The molecule has 1 amide bonds. The third-order valence-corrected chi connectivity index (χ3v) is 2.87. The van der Waals surface area contributed by atoms with Gasteiger partial charge in [-0.25, -0.2) is 0 Å². The summed E-state index contributed by atoms with van der Waals surface area (Å²) in [6.07, 6.45) is 0.172. The zero-order valence-electron chi connectivity index (χ0n) is 9.75. The number of hydrogen-bond donors (Lipinski definition) is 1. The number of benzene rings is 1. The fraction of sp³-hybridized carbons (Fsp3) is 0.333. The third-order valence-electron chi connectivity index (χ3n) is 2.21. The van der Waals surface area contributed by atoms with Gasteiger partial charge in [-0.05, 0) is 40.5 Å². The van der Waals surface area contributed by atoms with Gasteiger partial charge in [-0.2, -0.15) is 0 Å². The van der Waals surface area contributed by atoms with E-state index in [1.54, 1.807) is 6.07 Å². The van der Waals surface area contributed by atoms with Crippen LogP contribution in [0.25, 0.3) is 0 Å². The van der Waals surface area contributed by atoms with Crippen molar-refractivity contribution in [1.29, 1.82) is 0 Å². The minimum atomic E-state index is -0.340. The number of amides is 1. The molecule has 0 fully saturated rings. The summed E-state index contributed by atoms with van der Waals surface area (Å²) < 4.78 is 5.22. The molecule has 92 valence electrons. The first-order valence-corrected chi connectivity index (χ1v) is 5.95. The lowest BCUT2D eigenvalue weighted by Crippen LogP contribution is -2.26. The Morgan fingerprint density at radius 3 is 2.71 bits per heavy atom. The van der Waals surface area contributed by atoms with Gasteiger partial charge in [0.25, 0.3) is 5.91 Å². The Labute approximate surface area is 108 Å². The van der Waals surface area contributed by atoms with Crippen molar-refractivity contribution in [3.8, 4) is 0 Å². The standard InChI is InChI=1S/C12H14BrNO3/c1-8-3-4-9(10(13)7-8)12(16)14-6-5-11(15)17-2/h3-4,7H,5-6H2,1-2H3,(H,14,16).